The molecule has 0 saturated heterocycles. The van der Waals surface area contributed by atoms with Crippen molar-refractivity contribution in [3.8, 4) is 0 Å². The summed E-state index contributed by atoms with van der Waals surface area (Å²) in [5.74, 6) is 0.956. The van der Waals surface area contributed by atoms with Crippen molar-refractivity contribution in [2.45, 2.75) is 27.2 Å². The van der Waals surface area contributed by atoms with Crippen molar-refractivity contribution in [1.29, 1.82) is 0 Å². The van der Waals surface area contributed by atoms with E-state index in [1.807, 2.05) is 13.1 Å². The van der Waals surface area contributed by atoms with Gasteiger partial charge in [-0.15, -0.1) is 0 Å². The van der Waals surface area contributed by atoms with Crippen molar-refractivity contribution >= 4 is 35.2 Å². The lowest BCUT2D eigenvalue weighted by Gasteiger charge is -2.03. The largest absolute Gasteiger partial charge is 0.241 e. The van der Waals surface area contributed by atoms with Gasteiger partial charge in [0.25, 0.3) is 0 Å². The van der Waals surface area contributed by atoms with Gasteiger partial charge in [0, 0.05) is 11.8 Å². The summed E-state index contributed by atoms with van der Waals surface area (Å²) in [6, 6.07) is 0. The van der Waals surface area contributed by atoms with Crippen LogP contribution in [0.5, 0.6) is 0 Å². The van der Waals surface area contributed by atoms with Crippen LogP contribution in [0.1, 0.15) is 25.8 Å². The highest BCUT2D eigenvalue weighted by Gasteiger charge is 2.06. The van der Waals surface area contributed by atoms with Crippen LogP contribution < -0.4 is 0 Å². The average Bonchev–Trinajstić information content (AvgIpc) is 2.20. The molecule has 1 rings (SSSR count). The van der Waals surface area contributed by atoms with Gasteiger partial charge in [-0.2, -0.15) is 4.98 Å². The number of aliphatic imine (C=N–C) groups is 1. The second kappa shape index (κ2) is 5.42. The van der Waals surface area contributed by atoms with Gasteiger partial charge >= 0.3 is 0 Å². The van der Waals surface area contributed by atoms with Crippen LogP contribution in [0.2, 0.25) is 10.4 Å². The van der Waals surface area contributed by atoms with Crippen LogP contribution in [0.15, 0.2) is 4.99 Å². The van der Waals surface area contributed by atoms with Crippen LogP contribution in [0.25, 0.3) is 0 Å². The molecule has 1 atom stereocenters. The Balaban J connectivity index is 2.99. The molecular formula is C10H13Cl2N3. The first-order valence-corrected chi connectivity index (χ1v) is 5.54. The molecule has 0 aliphatic carbocycles. The quantitative estimate of drug-likeness (QED) is 0.461. The monoisotopic (exact) mass is 245 g/mol. The summed E-state index contributed by atoms with van der Waals surface area (Å²) in [7, 11) is 0. The Hall–Kier alpha value is -0.670. The summed E-state index contributed by atoms with van der Waals surface area (Å²) < 4.78 is 0. The Kier molecular flexibility index (Phi) is 4.48. The number of aromatic nitrogens is 2. The summed E-state index contributed by atoms with van der Waals surface area (Å²) in [5.41, 5.74) is 0.751. The van der Waals surface area contributed by atoms with Crippen molar-refractivity contribution in [1.82, 2.24) is 9.97 Å². The Morgan fingerprint density at radius 2 is 2.07 bits per heavy atom. The summed E-state index contributed by atoms with van der Waals surface area (Å²) in [6.07, 6.45) is 2.89. The number of hydrogen-bond acceptors (Lipinski definition) is 3. The number of rotatable bonds is 3. The standard InChI is InChI=1S/C10H13Cl2N3/c1-4-6(2)5-13-9-7(3)8(11)14-10(12)15-9/h5-6H,4H2,1-3H3. The zero-order valence-corrected chi connectivity index (χ0v) is 10.5. The molecule has 0 fully saturated rings. The number of hydrogen-bond donors (Lipinski definition) is 0. The fraction of sp³-hybridized carbons (Fsp3) is 0.500. The first-order chi connectivity index (χ1) is 7.04. The Bertz CT molecular complexity index is 377. The third kappa shape index (κ3) is 3.43. The minimum Gasteiger partial charge on any atom is -0.241 e. The van der Waals surface area contributed by atoms with E-state index in [0.29, 0.717) is 16.9 Å². The minimum atomic E-state index is 0.127. The van der Waals surface area contributed by atoms with Crippen molar-refractivity contribution in [2.24, 2.45) is 10.9 Å². The average molecular weight is 246 g/mol. The van der Waals surface area contributed by atoms with E-state index >= 15 is 0 Å². The molecule has 1 aromatic rings. The summed E-state index contributed by atoms with van der Waals surface area (Å²) in [5, 5.41) is 0.480. The maximum Gasteiger partial charge on any atom is 0.225 e. The molecule has 15 heavy (non-hydrogen) atoms. The van der Waals surface area contributed by atoms with Gasteiger partial charge in [-0.3, -0.25) is 0 Å². The fourth-order valence-electron chi connectivity index (χ4n) is 0.882. The Morgan fingerprint density at radius 3 is 2.67 bits per heavy atom. The second-order valence-electron chi connectivity index (χ2n) is 3.40. The van der Waals surface area contributed by atoms with E-state index in [0.717, 1.165) is 12.0 Å². The molecule has 0 aliphatic heterocycles. The molecule has 0 amide bonds. The van der Waals surface area contributed by atoms with Crippen LogP contribution in [0.4, 0.5) is 5.82 Å². The highest BCUT2D eigenvalue weighted by Crippen LogP contribution is 2.23. The molecule has 0 aliphatic rings. The normalized spacial score (nSPS) is 13.4. The van der Waals surface area contributed by atoms with Gasteiger partial charge in [0.05, 0.1) is 0 Å². The predicted molar refractivity (Wildman–Crippen MR) is 64.4 cm³/mol. The van der Waals surface area contributed by atoms with E-state index < -0.39 is 0 Å². The molecule has 0 N–H and O–H groups in total. The first-order valence-electron chi connectivity index (χ1n) is 4.78. The van der Waals surface area contributed by atoms with E-state index in [2.05, 4.69) is 28.8 Å². The third-order valence-corrected chi connectivity index (χ3v) is 2.67. The predicted octanol–water partition coefficient (Wildman–Crippen LogP) is 3.84. The smallest absolute Gasteiger partial charge is 0.225 e. The lowest BCUT2D eigenvalue weighted by atomic mass is 10.1. The molecule has 1 unspecified atom stereocenters. The van der Waals surface area contributed by atoms with Gasteiger partial charge in [-0.05, 0) is 30.9 Å². The molecule has 5 heteroatoms. The molecule has 82 valence electrons. The number of nitrogens with zero attached hydrogens (tertiary/aromatic N) is 3. The van der Waals surface area contributed by atoms with E-state index in [-0.39, 0.29) is 5.28 Å². The zero-order chi connectivity index (χ0) is 11.4. The SMILES string of the molecule is CCC(C)C=Nc1nc(Cl)nc(Cl)c1C. The van der Waals surface area contributed by atoms with Gasteiger partial charge in [-0.25, -0.2) is 9.98 Å². The van der Waals surface area contributed by atoms with Gasteiger partial charge in [0.2, 0.25) is 5.28 Å². The molecule has 1 aromatic heterocycles. The molecule has 0 aromatic carbocycles. The maximum absolute atomic E-state index is 5.86. The second-order valence-corrected chi connectivity index (χ2v) is 4.09. The van der Waals surface area contributed by atoms with Gasteiger partial charge < -0.3 is 0 Å². The number of halogens is 2. The summed E-state index contributed by atoms with van der Waals surface area (Å²) >= 11 is 11.5. The van der Waals surface area contributed by atoms with Crippen molar-refractivity contribution < 1.29 is 0 Å². The first kappa shape index (κ1) is 12.4. The Labute approximate surface area is 99.6 Å². The van der Waals surface area contributed by atoms with E-state index in [1.165, 1.54) is 0 Å². The molecular weight excluding hydrogens is 233 g/mol. The molecule has 1 heterocycles. The minimum absolute atomic E-state index is 0.127. The zero-order valence-electron chi connectivity index (χ0n) is 8.96. The van der Waals surface area contributed by atoms with Gasteiger partial charge in [-0.1, -0.05) is 25.4 Å². The van der Waals surface area contributed by atoms with Crippen LogP contribution >= 0.6 is 23.2 Å². The molecule has 0 bridgehead atoms. The van der Waals surface area contributed by atoms with Crippen LogP contribution in [0.3, 0.4) is 0 Å². The molecule has 0 radical (unpaired) electrons. The lowest BCUT2D eigenvalue weighted by Crippen LogP contribution is -1.94. The van der Waals surface area contributed by atoms with Crippen LogP contribution in [-0.4, -0.2) is 16.2 Å². The van der Waals surface area contributed by atoms with E-state index in [9.17, 15) is 0 Å². The van der Waals surface area contributed by atoms with Crippen LogP contribution in [0, 0.1) is 12.8 Å². The van der Waals surface area contributed by atoms with Gasteiger partial charge in [0.15, 0.2) is 5.82 Å². The Morgan fingerprint density at radius 1 is 1.40 bits per heavy atom. The summed E-state index contributed by atoms with van der Waals surface area (Å²) in [6.45, 7) is 6.01. The van der Waals surface area contributed by atoms with Crippen molar-refractivity contribution in [2.75, 3.05) is 0 Å². The third-order valence-electron chi connectivity index (χ3n) is 2.13. The van der Waals surface area contributed by atoms with Crippen molar-refractivity contribution in [3.05, 3.63) is 16.0 Å². The topological polar surface area (TPSA) is 38.1 Å². The highest BCUT2D eigenvalue weighted by molar-refractivity contribution is 6.32. The molecule has 0 spiro atoms. The summed E-state index contributed by atoms with van der Waals surface area (Å²) in [4.78, 5) is 12.1. The fourth-order valence-corrected chi connectivity index (χ4v) is 1.25. The van der Waals surface area contributed by atoms with Crippen LogP contribution in [-0.2, 0) is 0 Å². The van der Waals surface area contributed by atoms with E-state index in [4.69, 9.17) is 23.2 Å². The lowest BCUT2D eigenvalue weighted by molar-refractivity contribution is 0.754. The van der Waals surface area contributed by atoms with Crippen molar-refractivity contribution in [3.63, 3.8) is 0 Å². The van der Waals surface area contributed by atoms with E-state index in [1.54, 1.807) is 0 Å². The highest BCUT2D eigenvalue weighted by atomic mass is 35.5. The van der Waals surface area contributed by atoms with Gasteiger partial charge in [0.1, 0.15) is 5.15 Å². The maximum atomic E-state index is 5.86. The molecule has 3 nitrogen and oxygen atoms in total. The molecule has 0 saturated carbocycles.